The first-order chi connectivity index (χ1) is 7.83. The van der Waals surface area contributed by atoms with E-state index < -0.39 is 0 Å². The maximum Gasteiger partial charge on any atom is 0.233 e. The molecule has 0 aliphatic heterocycles. The van der Waals surface area contributed by atoms with Crippen molar-refractivity contribution in [3.8, 4) is 0 Å². The summed E-state index contributed by atoms with van der Waals surface area (Å²) in [6.45, 7) is 4.22. The first-order valence-electron chi connectivity index (χ1n) is 6.48. The Hall–Kier alpha value is -0.830. The van der Waals surface area contributed by atoms with E-state index in [1.54, 1.807) is 5.57 Å². The summed E-state index contributed by atoms with van der Waals surface area (Å²) >= 11 is 0. The van der Waals surface area contributed by atoms with Crippen molar-refractivity contribution in [3.63, 3.8) is 0 Å². The third kappa shape index (κ3) is 5.91. The molecule has 92 valence electrons. The summed E-state index contributed by atoms with van der Waals surface area (Å²) in [5, 5.41) is 6.04. The van der Waals surface area contributed by atoms with Crippen molar-refractivity contribution in [3.05, 3.63) is 11.6 Å². The minimum Gasteiger partial charge on any atom is -0.355 e. The van der Waals surface area contributed by atoms with Gasteiger partial charge in [0.05, 0.1) is 6.54 Å². The predicted molar refractivity (Wildman–Crippen MR) is 67.3 cm³/mol. The summed E-state index contributed by atoms with van der Waals surface area (Å²) in [7, 11) is 0. The zero-order valence-corrected chi connectivity index (χ0v) is 10.3. The Morgan fingerprint density at radius 3 is 2.94 bits per heavy atom. The van der Waals surface area contributed by atoms with E-state index in [0.29, 0.717) is 6.54 Å². The van der Waals surface area contributed by atoms with Gasteiger partial charge < -0.3 is 10.6 Å². The van der Waals surface area contributed by atoms with Crippen molar-refractivity contribution in [2.45, 2.75) is 45.4 Å². The van der Waals surface area contributed by atoms with Crippen LogP contribution in [0.15, 0.2) is 11.6 Å². The highest BCUT2D eigenvalue weighted by Gasteiger charge is 2.03. The number of hydrogen-bond acceptors (Lipinski definition) is 2. The molecule has 0 fully saturated rings. The molecular formula is C13H24N2O. The number of allylic oxidation sites excluding steroid dienone is 1. The third-order valence-electron chi connectivity index (χ3n) is 2.87. The topological polar surface area (TPSA) is 41.1 Å². The average molecular weight is 224 g/mol. The number of carbonyl (C=O) groups is 1. The second-order valence-corrected chi connectivity index (χ2v) is 4.38. The van der Waals surface area contributed by atoms with E-state index in [2.05, 4.69) is 23.6 Å². The molecule has 16 heavy (non-hydrogen) atoms. The highest BCUT2D eigenvalue weighted by molar-refractivity contribution is 5.77. The Bertz CT molecular complexity index is 236. The van der Waals surface area contributed by atoms with Gasteiger partial charge in [-0.05, 0) is 45.1 Å². The maximum absolute atomic E-state index is 11.3. The van der Waals surface area contributed by atoms with Crippen molar-refractivity contribution in [2.24, 2.45) is 0 Å². The monoisotopic (exact) mass is 224 g/mol. The van der Waals surface area contributed by atoms with Gasteiger partial charge in [-0.1, -0.05) is 18.6 Å². The number of hydrogen-bond donors (Lipinski definition) is 2. The first-order valence-corrected chi connectivity index (χ1v) is 6.48. The summed E-state index contributed by atoms with van der Waals surface area (Å²) < 4.78 is 0. The van der Waals surface area contributed by atoms with Crippen molar-refractivity contribution < 1.29 is 4.79 Å². The van der Waals surface area contributed by atoms with Crippen LogP contribution in [-0.4, -0.2) is 25.5 Å². The van der Waals surface area contributed by atoms with Crippen LogP contribution in [0.1, 0.15) is 45.4 Å². The zero-order chi connectivity index (χ0) is 11.6. The van der Waals surface area contributed by atoms with Gasteiger partial charge in [0.15, 0.2) is 0 Å². The smallest absolute Gasteiger partial charge is 0.233 e. The Morgan fingerprint density at radius 2 is 2.25 bits per heavy atom. The van der Waals surface area contributed by atoms with E-state index in [9.17, 15) is 4.79 Å². The summed E-state index contributed by atoms with van der Waals surface area (Å²) in [4.78, 5) is 11.3. The standard InChI is InChI=1S/C13H24N2O/c1-2-9-15-13(16)11-14-10-8-12-6-4-3-5-7-12/h6,14H,2-5,7-11H2,1H3,(H,15,16). The Balaban J connectivity index is 1.98. The fourth-order valence-electron chi connectivity index (χ4n) is 1.91. The lowest BCUT2D eigenvalue weighted by Crippen LogP contribution is -2.34. The molecular weight excluding hydrogens is 200 g/mol. The molecule has 1 amide bonds. The molecule has 0 atom stereocenters. The van der Waals surface area contributed by atoms with E-state index >= 15 is 0 Å². The van der Waals surface area contributed by atoms with E-state index in [-0.39, 0.29) is 5.91 Å². The van der Waals surface area contributed by atoms with E-state index in [4.69, 9.17) is 0 Å². The molecule has 0 bridgehead atoms. The summed E-state index contributed by atoms with van der Waals surface area (Å²) in [5.41, 5.74) is 1.56. The molecule has 3 heteroatoms. The van der Waals surface area contributed by atoms with Crippen molar-refractivity contribution >= 4 is 5.91 Å². The van der Waals surface area contributed by atoms with Gasteiger partial charge in [0, 0.05) is 6.54 Å². The summed E-state index contributed by atoms with van der Waals surface area (Å²) in [5.74, 6) is 0.111. The highest BCUT2D eigenvalue weighted by Crippen LogP contribution is 2.19. The minimum absolute atomic E-state index is 0.111. The predicted octanol–water partition coefficient (Wildman–Crippen LogP) is 1.99. The minimum atomic E-state index is 0.111. The lowest BCUT2D eigenvalue weighted by molar-refractivity contribution is -0.120. The van der Waals surface area contributed by atoms with Gasteiger partial charge in [-0.2, -0.15) is 0 Å². The molecule has 0 saturated carbocycles. The van der Waals surface area contributed by atoms with Crippen molar-refractivity contribution in [2.75, 3.05) is 19.6 Å². The number of carbonyl (C=O) groups excluding carboxylic acids is 1. The third-order valence-corrected chi connectivity index (χ3v) is 2.87. The fourth-order valence-corrected chi connectivity index (χ4v) is 1.91. The van der Waals surface area contributed by atoms with Gasteiger partial charge >= 0.3 is 0 Å². The van der Waals surface area contributed by atoms with Crippen molar-refractivity contribution in [1.29, 1.82) is 0 Å². The molecule has 0 unspecified atom stereocenters. The molecule has 0 radical (unpaired) electrons. The van der Waals surface area contributed by atoms with Crippen LogP contribution in [-0.2, 0) is 4.79 Å². The number of amides is 1. The van der Waals surface area contributed by atoms with Crippen LogP contribution < -0.4 is 10.6 Å². The SMILES string of the molecule is CCCNC(=O)CNCCC1=CCCCC1. The van der Waals surface area contributed by atoms with Gasteiger partial charge in [-0.25, -0.2) is 0 Å². The molecule has 0 saturated heterocycles. The second-order valence-electron chi connectivity index (χ2n) is 4.38. The lowest BCUT2D eigenvalue weighted by Gasteiger charge is -2.12. The van der Waals surface area contributed by atoms with Gasteiger partial charge in [0.1, 0.15) is 0 Å². The maximum atomic E-state index is 11.3. The van der Waals surface area contributed by atoms with Crippen LogP contribution >= 0.6 is 0 Å². The van der Waals surface area contributed by atoms with E-state index in [1.165, 1.54) is 25.7 Å². The van der Waals surface area contributed by atoms with Crippen molar-refractivity contribution in [1.82, 2.24) is 10.6 Å². The molecule has 0 heterocycles. The molecule has 0 aromatic carbocycles. The molecule has 1 aliphatic carbocycles. The van der Waals surface area contributed by atoms with Gasteiger partial charge in [0.2, 0.25) is 5.91 Å². The number of nitrogens with one attached hydrogen (secondary N) is 2. The number of rotatable bonds is 7. The van der Waals surface area contributed by atoms with Crippen LogP contribution in [0.2, 0.25) is 0 Å². The Kier molecular flexibility index (Phi) is 6.90. The molecule has 1 rings (SSSR count). The van der Waals surface area contributed by atoms with Crippen LogP contribution in [0.25, 0.3) is 0 Å². The first kappa shape index (κ1) is 13.2. The lowest BCUT2D eigenvalue weighted by atomic mass is 9.97. The van der Waals surface area contributed by atoms with Gasteiger partial charge in [-0.3, -0.25) is 4.79 Å². The molecule has 2 N–H and O–H groups in total. The average Bonchev–Trinajstić information content (AvgIpc) is 2.33. The molecule has 0 aromatic rings. The van der Waals surface area contributed by atoms with Gasteiger partial charge in [0.25, 0.3) is 0 Å². The van der Waals surface area contributed by atoms with Crippen LogP contribution in [0.3, 0.4) is 0 Å². The van der Waals surface area contributed by atoms with Gasteiger partial charge in [-0.15, -0.1) is 0 Å². The molecule has 1 aliphatic rings. The van der Waals surface area contributed by atoms with Crippen LogP contribution in [0.4, 0.5) is 0 Å². The Labute approximate surface area is 98.7 Å². The zero-order valence-electron chi connectivity index (χ0n) is 10.3. The van der Waals surface area contributed by atoms with Crippen LogP contribution in [0, 0.1) is 0 Å². The Morgan fingerprint density at radius 1 is 1.38 bits per heavy atom. The molecule has 3 nitrogen and oxygen atoms in total. The largest absolute Gasteiger partial charge is 0.355 e. The van der Waals surface area contributed by atoms with E-state index in [1.807, 2.05) is 0 Å². The second kappa shape index (κ2) is 8.34. The highest BCUT2D eigenvalue weighted by atomic mass is 16.1. The fraction of sp³-hybridized carbons (Fsp3) is 0.769. The molecule has 0 aromatic heterocycles. The summed E-state index contributed by atoms with van der Waals surface area (Å²) in [6, 6.07) is 0. The normalized spacial score (nSPS) is 15.7. The summed E-state index contributed by atoms with van der Waals surface area (Å²) in [6.07, 6.45) is 9.64. The van der Waals surface area contributed by atoms with Crippen LogP contribution in [0.5, 0.6) is 0 Å². The quantitative estimate of drug-likeness (QED) is 0.513. The van der Waals surface area contributed by atoms with E-state index in [0.717, 1.165) is 25.9 Å². The molecule has 0 spiro atoms.